The van der Waals surface area contributed by atoms with Gasteiger partial charge in [-0.3, -0.25) is 0 Å². The second-order valence-electron chi connectivity index (χ2n) is 4.68. The number of hydrogen-bond acceptors (Lipinski definition) is 0. The lowest BCUT2D eigenvalue weighted by atomic mass is 9.94. The monoisotopic (exact) mass is 224 g/mol. The molecular weight excluding hydrogens is 208 g/mol. The summed E-state index contributed by atoms with van der Waals surface area (Å²) >= 11 is 6.36. The molecular formula is C12H17ClSi. The van der Waals surface area contributed by atoms with E-state index in [1.54, 1.807) is 0 Å². The molecule has 0 atom stereocenters. The summed E-state index contributed by atoms with van der Waals surface area (Å²) in [6.07, 6.45) is 1.08. The van der Waals surface area contributed by atoms with Gasteiger partial charge in [0.2, 0.25) is 0 Å². The van der Waals surface area contributed by atoms with Crippen LogP contribution in [0.1, 0.15) is 27.2 Å². The molecule has 0 saturated carbocycles. The Bertz CT molecular complexity index is 309. The molecule has 0 aliphatic rings. The van der Waals surface area contributed by atoms with Gasteiger partial charge in [-0.15, -0.1) is 11.1 Å². The Morgan fingerprint density at radius 2 is 1.79 bits per heavy atom. The molecule has 0 N–H and O–H groups in total. The van der Waals surface area contributed by atoms with Crippen LogP contribution in [0.4, 0.5) is 0 Å². The van der Waals surface area contributed by atoms with Gasteiger partial charge in [0.1, 0.15) is 0 Å². The number of rotatable bonds is 2. The van der Waals surface area contributed by atoms with Crippen molar-refractivity contribution in [2.24, 2.45) is 5.41 Å². The molecule has 0 radical (unpaired) electrons. The van der Waals surface area contributed by atoms with Crippen LogP contribution in [0.5, 0.6) is 0 Å². The molecule has 0 spiro atoms. The minimum absolute atomic E-state index is 0.347. The molecule has 0 aliphatic heterocycles. The number of benzene rings is 1. The fourth-order valence-corrected chi connectivity index (χ4v) is 3.26. The average molecular weight is 225 g/mol. The Kier molecular flexibility index (Phi) is 4.08. The van der Waals surface area contributed by atoms with Gasteiger partial charge < -0.3 is 0 Å². The molecule has 0 heterocycles. The van der Waals surface area contributed by atoms with E-state index in [-0.39, 0.29) is 0 Å². The van der Waals surface area contributed by atoms with Crippen LogP contribution in [0, 0.1) is 5.41 Å². The molecule has 2 heteroatoms. The summed E-state index contributed by atoms with van der Waals surface area (Å²) in [5.41, 5.74) is 2.63. The molecule has 1 rings (SSSR count). The van der Waals surface area contributed by atoms with Gasteiger partial charge in [-0.05, 0) is 17.0 Å². The SMILES string of the molecule is CC(C)(C)C/C=[Si](/Cl)c1ccccc1. The van der Waals surface area contributed by atoms with Crippen molar-refractivity contribution < 1.29 is 0 Å². The quantitative estimate of drug-likeness (QED) is 0.536. The third kappa shape index (κ3) is 4.21. The zero-order chi connectivity index (χ0) is 10.6. The predicted octanol–water partition coefficient (Wildman–Crippen LogP) is 2.94. The van der Waals surface area contributed by atoms with Gasteiger partial charge >= 0.3 is 0 Å². The molecule has 0 aliphatic carbocycles. The first-order valence-electron chi connectivity index (χ1n) is 4.90. The standard InChI is InChI=1S/C12H17ClSi/c1-12(2,3)9-10-14(13)11-7-5-4-6-8-11/h4-8,10H,9H2,1-3H3/b14-10+. The smallest absolute Gasteiger partial charge is 0.133 e. The van der Waals surface area contributed by atoms with Crippen molar-refractivity contribution >= 4 is 29.7 Å². The van der Waals surface area contributed by atoms with Crippen LogP contribution in [0.15, 0.2) is 30.3 Å². The molecule has 1 aromatic carbocycles. The maximum atomic E-state index is 6.36. The second-order valence-corrected chi connectivity index (χ2v) is 7.59. The fourth-order valence-electron chi connectivity index (χ4n) is 1.11. The van der Waals surface area contributed by atoms with Crippen LogP contribution in [0.3, 0.4) is 0 Å². The van der Waals surface area contributed by atoms with Crippen molar-refractivity contribution in [2.75, 3.05) is 0 Å². The van der Waals surface area contributed by atoms with Gasteiger partial charge in [0.25, 0.3) is 0 Å². The molecule has 0 bridgehead atoms. The lowest BCUT2D eigenvalue weighted by Gasteiger charge is -2.15. The van der Waals surface area contributed by atoms with E-state index in [4.69, 9.17) is 11.1 Å². The summed E-state index contributed by atoms with van der Waals surface area (Å²) in [5, 5.41) is 1.28. The first kappa shape index (κ1) is 11.7. The van der Waals surface area contributed by atoms with E-state index in [1.807, 2.05) is 18.2 Å². The molecule has 76 valence electrons. The highest BCUT2D eigenvalue weighted by Crippen LogP contribution is 2.16. The molecule has 0 fully saturated rings. The van der Waals surface area contributed by atoms with Crippen LogP contribution in [-0.4, -0.2) is 13.4 Å². The second kappa shape index (κ2) is 4.90. The van der Waals surface area contributed by atoms with Crippen molar-refractivity contribution in [3.63, 3.8) is 0 Å². The minimum atomic E-state index is -0.953. The fraction of sp³-hybridized carbons (Fsp3) is 0.417. The van der Waals surface area contributed by atoms with Crippen molar-refractivity contribution in [1.82, 2.24) is 0 Å². The maximum absolute atomic E-state index is 6.36. The lowest BCUT2D eigenvalue weighted by Crippen LogP contribution is -2.20. The molecule has 0 amide bonds. The van der Waals surface area contributed by atoms with Crippen molar-refractivity contribution in [3.05, 3.63) is 30.3 Å². The molecule has 0 nitrogen and oxygen atoms in total. The normalized spacial score (nSPS) is 13.0. The first-order chi connectivity index (χ1) is 6.49. The van der Waals surface area contributed by atoms with E-state index in [9.17, 15) is 0 Å². The minimum Gasteiger partial charge on any atom is -0.133 e. The van der Waals surface area contributed by atoms with Crippen LogP contribution < -0.4 is 5.19 Å². The van der Waals surface area contributed by atoms with Crippen LogP contribution >= 0.6 is 11.1 Å². The Labute approximate surface area is 92.8 Å². The maximum Gasteiger partial charge on any atom is 0.155 e. The molecule has 0 aromatic heterocycles. The van der Waals surface area contributed by atoms with Gasteiger partial charge in [0, 0.05) is 0 Å². The van der Waals surface area contributed by atoms with Gasteiger partial charge in [-0.1, -0.05) is 56.8 Å². The van der Waals surface area contributed by atoms with Gasteiger partial charge in [-0.25, -0.2) is 0 Å². The third-order valence-electron chi connectivity index (χ3n) is 1.94. The number of halogens is 1. The molecule has 14 heavy (non-hydrogen) atoms. The van der Waals surface area contributed by atoms with Crippen molar-refractivity contribution in [2.45, 2.75) is 27.2 Å². The molecule has 0 unspecified atom stereocenters. The summed E-state index contributed by atoms with van der Waals surface area (Å²) in [6.45, 7) is 6.71. The molecule has 0 saturated heterocycles. The summed E-state index contributed by atoms with van der Waals surface area (Å²) in [7, 11) is -0.953. The van der Waals surface area contributed by atoms with E-state index < -0.39 is 7.72 Å². The summed E-state index contributed by atoms with van der Waals surface area (Å²) < 4.78 is 0. The number of hydrogen-bond donors (Lipinski definition) is 0. The van der Waals surface area contributed by atoms with E-state index in [1.165, 1.54) is 5.19 Å². The van der Waals surface area contributed by atoms with Crippen LogP contribution in [0.25, 0.3) is 0 Å². The zero-order valence-corrected chi connectivity index (χ0v) is 10.8. The van der Waals surface area contributed by atoms with E-state index in [2.05, 4.69) is 38.6 Å². The predicted molar refractivity (Wildman–Crippen MR) is 67.8 cm³/mol. The summed E-state index contributed by atoms with van der Waals surface area (Å²) in [5.74, 6) is 0. The van der Waals surface area contributed by atoms with Gasteiger partial charge in [0.15, 0.2) is 7.72 Å². The van der Waals surface area contributed by atoms with E-state index in [0.29, 0.717) is 5.41 Å². The largest absolute Gasteiger partial charge is 0.155 e. The Balaban J connectivity index is 2.71. The van der Waals surface area contributed by atoms with Crippen molar-refractivity contribution in [1.29, 1.82) is 0 Å². The van der Waals surface area contributed by atoms with Gasteiger partial charge in [0.05, 0.1) is 0 Å². The van der Waals surface area contributed by atoms with E-state index >= 15 is 0 Å². The topological polar surface area (TPSA) is 0 Å². The average Bonchev–Trinajstić information content (AvgIpc) is 2.14. The summed E-state index contributed by atoms with van der Waals surface area (Å²) in [4.78, 5) is 0. The zero-order valence-electron chi connectivity index (χ0n) is 9.05. The third-order valence-corrected chi connectivity index (χ3v) is 4.51. The Morgan fingerprint density at radius 3 is 2.29 bits per heavy atom. The van der Waals surface area contributed by atoms with Gasteiger partial charge in [-0.2, -0.15) is 0 Å². The summed E-state index contributed by atoms with van der Waals surface area (Å²) in [6, 6.07) is 10.3. The highest BCUT2D eigenvalue weighted by Gasteiger charge is 2.08. The Hall–Kier alpha value is -0.403. The Morgan fingerprint density at radius 1 is 1.21 bits per heavy atom. The highest BCUT2D eigenvalue weighted by molar-refractivity contribution is 7.15. The lowest BCUT2D eigenvalue weighted by molar-refractivity contribution is 0.439. The van der Waals surface area contributed by atoms with E-state index in [0.717, 1.165) is 6.42 Å². The molecule has 1 aromatic rings. The van der Waals surface area contributed by atoms with Crippen molar-refractivity contribution in [3.8, 4) is 0 Å². The van der Waals surface area contributed by atoms with Crippen LogP contribution in [0.2, 0.25) is 0 Å². The van der Waals surface area contributed by atoms with Crippen LogP contribution in [-0.2, 0) is 0 Å². The highest BCUT2D eigenvalue weighted by atomic mass is 35.6. The first-order valence-corrected chi connectivity index (χ1v) is 7.49.